The van der Waals surface area contributed by atoms with Gasteiger partial charge in [0.25, 0.3) is 0 Å². The minimum atomic E-state index is 0.771. The van der Waals surface area contributed by atoms with E-state index in [0.717, 1.165) is 25.2 Å². The summed E-state index contributed by atoms with van der Waals surface area (Å²) >= 11 is 0. The number of unbranched alkanes of at least 4 members (excludes halogenated alkanes) is 2. The zero-order chi connectivity index (χ0) is 10.9. The number of nitrogens with one attached hydrogen (secondary N) is 1. The Kier molecular flexibility index (Phi) is 7.03. The highest BCUT2D eigenvalue weighted by atomic mass is 16.5. The minimum absolute atomic E-state index is 0.771. The van der Waals surface area contributed by atoms with Crippen molar-refractivity contribution in [1.82, 2.24) is 5.32 Å². The maximum atomic E-state index is 5.56. The van der Waals surface area contributed by atoms with Gasteiger partial charge in [0.1, 0.15) is 0 Å². The minimum Gasteiger partial charge on any atom is -0.381 e. The van der Waals surface area contributed by atoms with Gasteiger partial charge in [0.2, 0.25) is 0 Å². The van der Waals surface area contributed by atoms with Gasteiger partial charge in [-0.3, -0.25) is 0 Å². The Morgan fingerprint density at radius 1 is 1.13 bits per heavy atom. The first-order chi connectivity index (χ1) is 7.29. The highest BCUT2D eigenvalue weighted by Gasteiger charge is 2.19. The summed E-state index contributed by atoms with van der Waals surface area (Å²) in [7, 11) is 0. The van der Waals surface area contributed by atoms with Gasteiger partial charge >= 0.3 is 0 Å². The molecule has 0 bridgehead atoms. The predicted molar refractivity (Wildman–Crippen MR) is 65.1 cm³/mol. The molecule has 1 rings (SSSR count). The molecule has 1 saturated carbocycles. The standard InChI is InChI=1S/C13H27NO/c1-12(2)8-11-15-10-5-3-4-9-14-13-6-7-13/h12-14H,3-11H2,1-2H3. The molecular weight excluding hydrogens is 186 g/mol. The van der Waals surface area contributed by atoms with Gasteiger partial charge in [-0.1, -0.05) is 13.8 Å². The maximum absolute atomic E-state index is 5.56. The van der Waals surface area contributed by atoms with Gasteiger partial charge in [-0.25, -0.2) is 0 Å². The second-order valence-electron chi connectivity index (χ2n) is 5.08. The molecule has 1 N–H and O–H groups in total. The molecule has 1 fully saturated rings. The van der Waals surface area contributed by atoms with Crippen LogP contribution in [0.2, 0.25) is 0 Å². The van der Waals surface area contributed by atoms with Crippen molar-refractivity contribution in [3.8, 4) is 0 Å². The highest BCUT2D eigenvalue weighted by Crippen LogP contribution is 2.18. The van der Waals surface area contributed by atoms with Crippen LogP contribution in [0.1, 0.15) is 52.4 Å². The molecule has 0 saturated heterocycles. The topological polar surface area (TPSA) is 21.3 Å². The van der Waals surface area contributed by atoms with E-state index in [1.54, 1.807) is 0 Å². The second-order valence-corrected chi connectivity index (χ2v) is 5.08. The number of hydrogen-bond donors (Lipinski definition) is 1. The van der Waals surface area contributed by atoms with Crippen molar-refractivity contribution < 1.29 is 4.74 Å². The van der Waals surface area contributed by atoms with Crippen LogP contribution in [0.15, 0.2) is 0 Å². The number of ether oxygens (including phenoxy) is 1. The summed E-state index contributed by atoms with van der Waals surface area (Å²) in [5, 5.41) is 3.53. The van der Waals surface area contributed by atoms with Crippen molar-refractivity contribution in [2.24, 2.45) is 5.92 Å². The van der Waals surface area contributed by atoms with Crippen LogP contribution in [0.5, 0.6) is 0 Å². The Bertz CT molecular complexity index is 135. The zero-order valence-electron chi connectivity index (χ0n) is 10.4. The molecule has 0 atom stereocenters. The summed E-state index contributed by atoms with van der Waals surface area (Å²) in [6, 6.07) is 0.868. The Labute approximate surface area is 94.8 Å². The third kappa shape index (κ3) is 8.88. The van der Waals surface area contributed by atoms with Crippen LogP contribution in [0.4, 0.5) is 0 Å². The Balaban J connectivity index is 1.65. The van der Waals surface area contributed by atoms with Gasteiger partial charge in [0.05, 0.1) is 0 Å². The molecule has 0 aromatic rings. The molecule has 0 aliphatic heterocycles. The number of rotatable bonds is 10. The van der Waals surface area contributed by atoms with E-state index in [9.17, 15) is 0 Å². The quantitative estimate of drug-likeness (QED) is 0.563. The largest absolute Gasteiger partial charge is 0.381 e. The average molecular weight is 213 g/mol. The van der Waals surface area contributed by atoms with E-state index in [1.165, 1.54) is 45.1 Å². The lowest BCUT2D eigenvalue weighted by molar-refractivity contribution is 0.120. The van der Waals surface area contributed by atoms with Gasteiger partial charge in [0.15, 0.2) is 0 Å². The average Bonchev–Trinajstić information content (AvgIpc) is 2.98. The van der Waals surface area contributed by atoms with Crippen molar-refractivity contribution in [1.29, 1.82) is 0 Å². The van der Waals surface area contributed by atoms with E-state index in [-0.39, 0.29) is 0 Å². The van der Waals surface area contributed by atoms with Gasteiger partial charge in [-0.05, 0) is 51.0 Å². The van der Waals surface area contributed by atoms with Crippen LogP contribution in [-0.4, -0.2) is 25.8 Å². The van der Waals surface area contributed by atoms with Crippen LogP contribution >= 0.6 is 0 Å². The second kappa shape index (κ2) is 8.12. The monoisotopic (exact) mass is 213 g/mol. The van der Waals surface area contributed by atoms with Gasteiger partial charge in [0, 0.05) is 19.3 Å². The molecule has 1 aliphatic rings. The SMILES string of the molecule is CC(C)CCOCCCCCNC1CC1. The van der Waals surface area contributed by atoms with E-state index in [0.29, 0.717) is 0 Å². The van der Waals surface area contributed by atoms with Crippen LogP contribution in [0.25, 0.3) is 0 Å². The Morgan fingerprint density at radius 3 is 2.60 bits per heavy atom. The van der Waals surface area contributed by atoms with Crippen molar-refractivity contribution in [2.45, 2.75) is 58.4 Å². The Hall–Kier alpha value is -0.0800. The fourth-order valence-electron chi connectivity index (χ4n) is 1.52. The highest BCUT2D eigenvalue weighted by molar-refractivity contribution is 4.80. The molecule has 2 heteroatoms. The summed E-state index contributed by atoms with van der Waals surface area (Å²) < 4.78 is 5.56. The van der Waals surface area contributed by atoms with Gasteiger partial charge in [-0.2, -0.15) is 0 Å². The van der Waals surface area contributed by atoms with E-state index in [1.807, 2.05) is 0 Å². The van der Waals surface area contributed by atoms with Crippen molar-refractivity contribution >= 4 is 0 Å². The molecule has 0 radical (unpaired) electrons. The van der Waals surface area contributed by atoms with E-state index in [2.05, 4.69) is 19.2 Å². The van der Waals surface area contributed by atoms with Crippen LogP contribution in [0.3, 0.4) is 0 Å². The van der Waals surface area contributed by atoms with Gasteiger partial charge in [-0.15, -0.1) is 0 Å². The van der Waals surface area contributed by atoms with Crippen LogP contribution in [-0.2, 0) is 4.74 Å². The van der Waals surface area contributed by atoms with Gasteiger partial charge < -0.3 is 10.1 Å². The fourth-order valence-corrected chi connectivity index (χ4v) is 1.52. The lowest BCUT2D eigenvalue weighted by atomic mass is 10.1. The number of hydrogen-bond acceptors (Lipinski definition) is 2. The first-order valence-electron chi connectivity index (χ1n) is 6.60. The molecule has 0 aromatic carbocycles. The van der Waals surface area contributed by atoms with E-state index < -0.39 is 0 Å². The van der Waals surface area contributed by atoms with Crippen LogP contribution < -0.4 is 5.32 Å². The summed E-state index contributed by atoms with van der Waals surface area (Å²) in [4.78, 5) is 0. The van der Waals surface area contributed by atoms with Crippen molar-refractivity contribution in [2.75, 3.05) is 19.8 Å². The maximum Gasteiger partial charge on any atom is 0.0468 e. The molecule has 0 unspecified atom stereocenters. The lowest BCUT2D eigenvalue weighted by Gasteiger charge is -2.06. The summed E-state index contributed by atoms with van der Waals surface area (Å²) in [5.74, 6) is 0.771. The predicted octanol–water partition coefficient (Wildman–Crippen LogP) is 2.97. The summed E-state index contributed by atoms with van der Waals surface area (Å²) in [6.45, 7) is 7.59. The first-order valence-corrected chi connectivity index (χ1v) is 6.60. The zero-order valence-corrected chi connectivity index (χ0v) is 10.4. The fraction of sp³-hybridized carbons (Fsp3) is 1.00. The molecule has 0 amide bonds. The van der Waals surface area contributed by atoms with Crippen molar-refractivity contribution in [3.05, 3.63) is 0 Å². The third-order valence-electron chi connectivity index (χ3n) is 2.82. The lowest BCUT2D eigenvalue weighted by Crippen LogP contribution is -2.17. The third-order valence-corrected chi connectivity index (χ3v) is 2.82. The normalized spacial score (nSPS) is 16.2. The van der Waals surface area contributed by atoms with Crippen molar-refractivity contribution in [3.63, 3.8) is 0 Å². The molecule has 2 nitrogen and oxygen atoms in total. The summed E-state index contributed by atoms with van der Waals surface area (Å²) in [6.07, 6.45) is 7.84. The van der Waals surface area contributed by atoms with E-state index >= 15 is 0 Å². The molecule has 0 heterocycles. The molecule has 1 aliphatic carbocycles. The smallest absolute Gasteiger partial charge is 0.0468 e. The molecule has 15 heavy (non-hydrogen) atoms. The first kappa shape index (κ1) is 13.0. The van der Waals surface area contributed by atoms with E-state index in [4.69, 9.17) is 4.74 Å². The molecule has 90 valence electrons. The molecular formula is C13H27NO. The Morgan fingerprint density at radius 2 is 1.93 bits per heavy atom. The summed E-state index contributed by atoms with van der Waals surface area (Å²) in [5.41, 5.74) is 0. The van der Waals surface area contributed by atoms with Crippen LogP contribution in [0, 0.1) is 5.92 Å². The molecule has 0 aromatic heterocycles. The molecule has 0 spiro atoms.